The molecule has 1 aromatic carbocycles. The second kappa shape index (κ2) is 5.57. The van der Waals surface area contributed by atoms with Crippen LogP contribution in [0.3, 0.4) is 0 Å². The molecule has 0 unspecified atom stereocenters. The summed E-state index contributed by atoms with van der Waals surface area (Å²) in [4.78, 5) is 0. The van der Waals surface area contributed by atoms with E-state index in [9.17, 15) is 0 Å². The van der Waals surface area contributed by atoms with Gasteiger partial charge in [0.25, 0.3) is 0 Å². The molecule has 0 saturated heterocycles. The minimum Gasteiger partial charge on any atom is -0.0961 e. The number of aryl methyl sites for hydroxylation is 1. The Bertz CT molecular complexity index is 394. The van der Waals surface area contributed by atoms with Crippen molar-refractivity contribution in [2.45, 2.75) is 13.8 Å². The quantitative estimate of drug-likeness (QED) is 0.645. The Morgan fingerprint density at radius 1 is 1.20 bits per heavy atom. The van der Waals surface area contributed by atoms with Crippen molar-refractivity contribution in [3.05, 3.63) is 65.2 Å². The zero-order valence-corrected chi connectivity index (χ0v) is 9.88. The fraction of sp³-hybridized carbons (Fsp3) is 0.143. The van der Waals surface area contributed by atoms with Crippen LogP contribution in [0.25, 0.3) is 5.57 Å². The molecule has 78 valence electrons. The third kappa shape index (κ3) is 3.77. The average molecular weight is 219 g/mol. The number of halogens is 1. The van der Waals surface area contributed by atoms with Crippen molar-refractivity contribution in [1.82, 2.24) is 0 Å². The summed E-state index contributed by atoms with van der Waals surface area (Å²) >= 11 is 5.78. The van der Waals surface area contributed by atoms with E-state index in [2.05, 4.69) is 37.8 Å². The topological polar surface area (TPSA) is 0 Å². The number of hydrogen-bond acceptors (Lipinski definition) is 0. The van der Waals surface area contributed by atoms with E-state index >= 15 is 0 Å². The Morgan fingerprint density at radius 2 is 1.80 bits per heavy atom. The van der Waals surface area contributed by atoms with Gasteiger partial charge in [0.15, 0.2) is 0 Å². The molecular formula is C14H15Cl. The first kappa shape index (κ1) is 11.8. The fourth-order valence-corrected chi connectivity index (χ4v) is 1.37. The SMILES string of the molecule is C=C(C)/C=C\C(=C/Cl)c1ccc(C)cc1. The van der Waals surface area contributed by atoms with Crippen LogP contribution >= 0.6 is 11.6 Å². The summed E-state index contributed by atoms with van der Waals surface area (Å²) in [6.45, 7) is 7.83. The van der Waals surface area contributed by atoms with Gasteiger partial charge in [0.2, 0.25) is 0 Å². The molecule has 0 aromatic heterocycles. The molecule has 0 spiro atoms. The monoisotopic (exact) mass is 218 g/mol. The number of allylic oxidation sites excluding steroid dienone is 4. The molecule has 0 aliphatic heterocycles. The molecular weight excluding hydrogens is 204 g/mol. The van der Waals surface area contributed by atoms with Gasteiger partial charge in [-0.05, 0) is 25.0 Å². The van der Waals surface area contributed by atoms with Crippen LogP contribution in [-0.4, -0.2) is 0 Å². The molecule has 0 radical (unpaired) electrons. The van der Waals surface area contributed by atoms with E-state index in [1.54, 1.807) is 5.54 Å². The molecule has 0 heterocycles. The third-order valence-electron chi connectivity index (χ3n) is 2.05. The number of hydrogen-bond donors (Lipinski definition) is 0. The van der Waals surface area contributed by atoms with E-state index in [0.717, 1.165) is 16.7 Å². The van der Waals surface area contributed by atoms with Crippen molar-refractivity contribution < 1.29 is 0 Å². The molecule has 1 rings (SSSR count). The molecule has 15 heavy (non-hydrogen) atoms. The molecule has 0 bridgehead atoms. The third-order valence-corrected chi connectivity index (χ3v) is 2.28. The summed E-state index contributed by atoms with van der Waals surface area (Å²) in [6, 6.07) is 8.27. The van der Waals surface area contributed by atoms with Gasteiger partial charge in [0.05, 0.1) is 0 Å². The molecule has 0 saturated carbocycles. The molecule has 0 N–H and O–H groups in total. The lowest BCUT2D eigenvalue weighted by atomic mass is 10.0. The molecule has 1 heteroatoms. The molecule has 0 nitrogen and oxygen atoms in total. The van der Waals surface area contributed by atoms with Gasteiger partial charge >= 0.3 is 0 Å². The molecule has 0 aliphatic rings. The van der Waals surface area contributed by atoms with Crippen molar-refractivity contribution in [3.8, 4) is 0 Å². The highest BCUT2D eigenvalue weighted by molar-refractivity contribution is 6.28. The van der Waals surface area contributed by atoms with E-state index < -0.39 is 0 Å². The molecule has 0 fully saturated rings. The minimum absolute atomic E-state index is 1.000. The Morgan fingerprint density at radius 3 is 2.27 bits per heavy atom. The van der Waals surface area contributed by atoms with Crippen LogP contribution in [0.15, 0.2) is 54.1 Å². The Balaban J connectivity index is 2.94. The van der Waals surface area contributed by atoms with Crippen molar-refractivity contribution in [2.75, 3.05) is 0 Å². The maximum absolute atomic E-state index is 5.78. The van der Waals surface area contributed by atoms with Gasteiger partial charge in [-0.1, -0.05) is 65.7 Å². The van der Waals surface area contributed by atoms with Crippen LogP contribution in [-0.2, 0) is 0 Å². The Hall–Kier alpha value is -1.27. The molecule has 0 amide bonds. The van der Waals surface area contributed by atoms with E-state index in [1.807, 2.05) is 19.1 Å². The average Bonchev–Trinajstić information content (AvgIpc) is 2.21. The van der Waals surface area contributed by atoms with Crippen LogP contribution in [0, 0.1) is 6.92 Å². The Labute approximate surface area is 96.6 Å². The predicted molar refractivity (Wildman–Crippen MR) is 69.0 cm³/mol. The first-order chi connectivity index (χ1) is 7.13. The maximum atomic E-state index is 5.78. The molecule has 1 aromatic rings. The highest BCUT2D eigenvalue weighted by atomic mass is 35.5. The summed E-state index contributed by atoms with van der Waals surface area (Å²) in [7, 11) is 0. The lowest BCUT2D eigenvalue weighted by Crippen LogP contribution is -1.80. The second-order valence-corrected chi connectivity index (χ2v) is 3.83. The highest BCUT2D eigenvalue weighted by Crippen LogP contribution is 2.18. The first-order valence-electron chi connectivity index (χ1n) is 4.84. The fourth-order valence-electron chi connectivity index (χ4n) is 1.17. The van der Waals surface area contributed by atoms with Crippen LogP contribution in [0.2, 0.25) is 0 Å². The largest absolute Gasteiger partial charge is 0.0961 e. The number of rotatable bonds is 3. The smallest absolute Gasteiger partial charge is 0.0121 e. The first-order valence-corrected chi connectivity index (χ1v) is 5.28. The summed E-state index contributed by atoms with van der Waals surface area (Å²) in [5.74, 6) is 0. The van der Waals surface area contributed by atoms with Crippen LogP contribution in [0.1, 0.15) is 18.1 Å². The second-order valence-electron chi connectivity index (χ2n) is 3.61. The van der Waals surface area contributed by atoms with Gasteiger partial charge < -0.3 is 0 Å². The summed E-state index contributed by atoms with van der Waals surface area (Å²) in [5, 5.41) is 0. The van der Waals surface area contributed by atoms with Crippen molar-refractivity contribution >= 4 is 17.2 Å². The van der Waals surface area contributed by atoms with Crippen LogP contribution in [0.5, 0.6) is 0 Å². The van der Waals surface area contributed by atoms with Gasteiger partial charge in [-0.15, -0.1) is 0 Å². The summed E-state index contributed by atoms with van der Waals surface area (Å²) < 4.78 is 0. The van der Waals surface area contributed by atoms with Gasteiger partial charge in [-0.25, -0.2) is 0 Å². The predicted octanol–water partition coefficient (Wildman–Crippen LogP) is 4.71. The maximum Gasteiger partial charge on any atom is 0.0121 e. The standard InChI is InChI=1S/C14H15Cl/c1-11(2)4-7-14(10-15)13-8-5-12(3)6-9-13/h4-10H,1H2,2-3H3/b7-4-,14-10+. The van der Waals surface area contributed by atoms with Crippen LogP contribution in [0.4, 0.5) is 0 Å². The normalized spacial score (nSPS) is 12.1. The van der Waals surface area contributed by atoms with Gasteiger partial charge in [0.1, 0.15) is 0 Å². The van der Waals surface area contributed by atoms with Gasteiger partial charge in [0, 0.05) is 5.54 Å². The van der Waals surface area contributed by atoms with E-state index in [-0.39, 0.29) is 0 Å². The van der Waals surface area contributed by atoms with E-state index in [0.29, 0.717) is 0 Å². The summed E-state index contributed by atoms with van der Waals surface area (Å²) in [6.07, 6.45) is 3.92. The summed E-state index contributed by atoms with van der Waals surface area (Å²) in [5.41, 5.74) is 5.96. The van der Waals surface area contributed by atoms with Crippen LogP contribution < -0.4 is 0 Å². The van der Waals surface area contributed by atoms with E-state index in [4.69, 9.17) is 11.6 Å². The van der Waals surface area contributed by atoms with Crippen molar-refractivity contribution in [1.29, 1.82) is 0 Å². The van der Waals surface area contributed by atoms with Gasteiger partial charge in [-0.3, -0.25) is 0 Å². The lowest BCUT2D eigenvalue weighted by Gasteiger charge is -2.01. The zero-order valence-electron chi connectivity index (χ0n) is 9.13. The molecule has 0 aliphatic carbocycles. The van der Waals surface area contributed by atoms with Crippen molar-refractivity contribution in [3.63, 3.8) is 0 Å². The zero-order chi connectivity index (χ0) is 11.3. The minimum atomic E-state index is 1.000. The lowest BCUT2D eigenvalue weighted by molar-refractivity contribution is 1.45. The molecule has 0 atom stereocenters. The van der Waals surface area contributed by atoms with Gasteiger partial charge in [-0.2, -0.15) is 0 Å². The van der Waals surface area contributed by atoms with E-state index in [1.165, 1.54) is 5.56 Å². The Kier molecular flexibility index (Phi) is 4.38. The van der Waals surface area contributed by atoms with Crippen molar-refractivity contribution in [2.24, 2.45) is 0 Å². The highest BCUT2D eigenvalue weighted by Gasteiger charge is 1.96. The number of benzene rings is 1.